The topological polar surface area (TPSA) is 45.2 Å². The number of hydrogen-bond acceptors (Lipinski definition) is 4. The summed E-state index contributed by atoms with van der Waals surface area (Å²) in [4.78, 5) is 19.2. The van der Waals surface area contributed by atoms with Crippen LogP contribution in [0.25, 0.3) is 0 Å². The monoisotopic (exact) mass is 329 g/mol. The summed E-state index contributed by atoms with van der Waals surface area (Å²) < 4.78 is 0.745. The van der Waals surface area contributed by atoms with Gasteiger partial charge in [0.2, 0.25) is 5.91 Å². The molecule has 1 N–H and O–H groups in total. The van der Waals surface area contributed by atoms with Gasteiger partial charge in [0.1, 0.15) is 4.34 Å². The number of likely N-dealkylation sites (tertiary alicyclic amines) is 1. The van der Waals surface area contributed by atoms with E-state index in [4.69, 9.17) is 11.6 Å². The largest absolute Gasteiger partial charge is 0.355 e. The number of carbonyl (C=O) groups excluding carboxylic acids is 1. The highest BCUT2D eigenvalue weighted by Crippen LogP contribution is 2.29. The standard InChI is InChI=1S/C15H24ClN3OS/c1-4-19-9-5-7-15(3,10-19)14(20)17-8-6-12-18-11(2)13(16)21-12/h4-10H2,1-3H3,(H,17,20)/t15-/m1/s1. The summed E-state index contributed by atoms with van der Waals surface area (Å²) in [5, 5.41) is 4.06. The van der Waals surface area contributed by atoms with Gasteiger partial charge in [0.15, 0.2) is 0 Å². The predicted octanol–water partition coefficient (Wildman–Crippen LogP) is 2.89. The third-order valence-corrected chi connectivity index (χ3v) is 5.69. The predicted molar refractivity (Wildman–Crippen MR) is 88.0 cm³/mol. The molecule has 6 heteroatoms. The molecule has 0 spiro atoms. The first-order valence-electron chi connectivity index (χ1n) is 7.57. The van der Waals surface area contributed by atoms with E-state index in [0.29, 0.717) is 6.54 Å². The summed E-state index contributed by atoms with van der Waals surface area (Å²) in [6.45, 7) is 9.74. The summed E-state index contributed by atoms with van der Waals surface area (Å²) in [6.07, 6.45) is 2.81. The van der Waals surface area contributed by atoms with Crippen molar-refractivity contribution in [1.29, 1.82) is 0 Å². The lowest BCUT2D eigenvalue weighted by Crippen LogP contribution is -2.50. The lowest BCUT2D eigenvalue weighted by atomic mass is 9.81. The first-order valence-corrected chi connectivity index (χ1v) is 8.76. The van der Waals surface area contributed by atoms with Gasteiger partial charge < -0.3 is 10.2 Å². The zero-order valence-electron chi connectivity index (χ0n) is 13.0. The van der Waals surface area contributed by atoms with Gasteiger partial charge in [0, 0.05) is 19.5 Å². The van der Waals surface area contributed by atoms with E-state index in [2.05, 4.69) is 29.0 Å². The molecule has 1 aliphatic rings. The average Bonchev–Trinajstić information content (AvgIpc) is 2.77. The molecule has 0 bridgehead atoms. The van der Waals surface area contributed by atoms with E-state index >= 15 is 0 Å². The highest BCUT2D eigenvalue weighted by atomic mass is 35.5. The molecule has 1 aromatic rings. The molecule has 2 rings (SSSR count). The van der Waals surface area contributed by atoms with Crippen molar-refractivity contribution in [2.75, 3.05) is 26.2 Å². The number of nitrogens with zero attached hydrogens (tertiary/aromatic N) is 2. The van der Waals surface area contributed by atoms with Crippen LogP contribution in [0.3, 0.4) is 0 Å². The second kappa shape index (κ2) is 7.07. The van der Waals surface area contributed by atoms with E-state index in [0.717, 1.165) is 53.9 Å². The van der Waals surface area contributed by atoms with Crippen LogP contribution in [0.4, 0.5) is 0 Å². The fourth-order valence-electron chi connectivity index (χ4n) is 2.83. The van der Waals surface area contributed by atoms with E-state index in [9.17, 15) is 4.79 Å². The Labute approximate surface area is 135 Å². The molecule has 1 atom stereocenters. The molecule has 0 unspecified atom stereocenters. The van der Waals surface area contributed by atoms with Gasteiger partial charge in [-0.1, -0.05) is 18.5 Å². The highest BCUT2D eigenvalue weighted by Gasteiger charge is 2.37. The van der Waals surface area contributed by atoms with Crippen molar-refractivity contribution in [2.45, 2.75) is 40.0 Å². The molecular formula is C15H24ClN3OS. The molecule has 0 aromatic carbocycles. The Hall–Kier alpha value is -0.650. The van der Waals surface area contributed by atoms with E-state index < -0.39 is 0 Å². The molecule has 118 valence electrons. The van der Waals surface area contributed by atoms with Crippen LogP contribution < -0.4 is 5.32 Å². The number of aromatic nitrogens is 1. The molecule has 0 saturated carbocycles. The van der Waals surface area contributed by atoms with Crippen LogP contribution in [0, 0.1) is 12.3 Å². The maximum atomic E-state index is 12.5. The van der Waals surface area contributed by atoms with Gasteiger partial charge in [0.05, 0.1) is 16.1 Å². The van der Waals surface area contributed by atoms with E-state index in [1.165, 1.54) is 11.3 Å². The molecule has 1 amide bonds. The Morgan fingerprint density at radius 2 is 2.33 bits per heavy atom. The van der Waals surface area contributed by atoms with Crippen LogP contribution in [0.1, 0.15) is 37.4 Å². The number of aryl methyl sites for hydroxylation is 1. The molecule has 1 aromatic heterocycles. The molecule has 2 heterocycles. The maximum Gasteiger partial charge on any atom is 0.227 e. The van der Waals surface area contributed by atoms with Gasteiger partial charge in [-0.25, -0.2) is 4.98 Å². The van der Waals surface area contributed by atoms with Gasteiger partial charge in [-0.15, -0.1) is 11.3 Å². The molecular weight excluding hydrogens is 306 g/mol. The van der Waals surface area contributed by atoms with Crippen molar-refractivity contribution in [3.05, 3.63) is 15.0 Å². The molecule has 1 saturated heterocycles. The quantitative estimate of drug-likeness (QED) is 0.903. The van der Waals surface area contributed by atoms with Crippen LogP contribution in [0.5, 0.6) is 0 Å². The fraction of sp³-hybridized carbons (Fsp3) is 0.733. The number of nitrogens with one attached hydrogen (secondary N) is 1. The Morgan fingerprint density at radius 1 is 1.57 bits per heavy atom. The molecule has 21 heavy (non-hydrogen) atoms. The lowest BCUT2D eigenvalue weighted by Gasteiger charge is -2.38. The zero-order valence-corrected chi connectivity index (χ0v) is 14.6. The molecule has 1 aliphatic heterocycles. The van der Waals surface area contributed by atoms with Crippen molar-refractivity contribution < 1.29 is 4.79 Å². The minimum Gasteiger partial charge on any atom is -0.355 e. The van der Waals surface area contributed by atoms with Crippen LogP contribution in [-0.2, 0) is 11.2 Å². The van der Waals surface area contributed by atoms with Crippen LogP contribution in [-0.4, -0.2) is 42.0 Å². The van der Waals surface area contributed by atoms with Gasteiger partial charge in [0.25, 0.3) is 0 Å². The molecule has 1 fully saturated rings. The van der Waals surface area contributed by atoms with Gasteiger partial charge in [-0.3, -0.25) is 4.79 Å². The fourth-order valence-corrected chi connectivity index (χ4v) is 3.93. The number of carbonyl (C=O) groups is 1. The molecule has 0 aliphatic carbocycles. The number of amides is 1. The summed E-state index contributed by atoms with van der Waals surface area (Å²) >= 11 is 7.51. The number of rotatable bonds is 5. The van der Waals surface area contributed by atoms with Crippen molar-refractivity contribution in [1.82, 2.24) is 15.2 Å². The minimum absolute atomic E-state index is 0.167. The summed E-state index contributed by atoms with van der Waals surface area (Å²) in [5.74, 6) is 0.167. The second-order valence-electron chi connectivity index (χ2n) is 6.01. The SMILES string of the molecule is CCN1CCC[C@@](C)(C(=O)NCCc2nc(C)c(Cl)s2)C1. The average molecular weight is 330 g/mol. The van der Waals surface area contributed by atoms with E-state index in [1.54, 1.807) is 0 Å². The summed E-state index contributed by atoms with van der Waals surface area (Å²) in [6, 6.07) is 0. The smallest absolute Gasteiger partial charge is 0.227 e. The number of halogens is 1. The highest BCUT2D eigenvalue weighted by molar-refractivity contribution is 7.16. The van der Waals surface area contributed by atoms with Crippen molar-refractivity contribution >= 4 is 28.8 Å². The van der Waals surface area contributed by atoms with Crippen molar-refractivity contribution in [2.24, 2.45) is 5.41 Å². The second-order valence-corrected chi connectivity index (χ2v) is 7.69. The third-order valence-electron chi connectivity index (χ3n) is 4.18. The Balaban J connectivity index is 1.83. The summed E-state index contributed by atoms with van der Waals surface area (Å²) in [5.41, 5.74) is 0.617. The Bertz CT molecular complexity index is 486. The Morgan fingerprint density at radius 3 is 2.95 bits per heavy atom. The number of piperidine rings is 1. The zero-order chi connectivity index (χ0) is 15.5. The van der Waals surface area contributed by atoms with E-state index in [1.807, 2.05) is 6.92 Å². The van der Waals surface area contributed by atoms with Crippen LogP contribution in [0.15, 0.2) is 0 Å². The molecule has 0 radical (unpaired) electrons. The van der Waals surface area contributed by atoms with Crippen LogP contribution >= 0.6 is 22.9 Å². The summed E-state index contributed by atoms with van der Waals surface area (Å²) in [7, 11) is 0. The maximum absolute atomic E-state index is 12.5. The van der Waals surface area contributed by atoms with Crippen molar-refractivity contribution in [3.8, 4) is 0 Å². The van der Waals surface area contributed by atoms with E-state index in [-0.39, 0.29) is 11.3 Å². The normalized spacial score (nSPS) is 23.2. The number of hydrogen-bond donors (Lipinski definition) is 1. The van der Waals surface area contributed by atoms with Crippen molar-refractivity contribution in [3.63, 3.8) is 0 Å². The first-order chi connectivity index (χ1) is 9.94. The number of thiazole rings is 1. The Kier molecular flexibility index (Phi) is 5.63. The minimum atomic E-state index is -0.259. The van der Waals surface area contributed by atoms with Gasteiger partial charge >= 0.3 is 0 Å². The van der Waals surface area contributed by atoms with Gasteiger partial charge in [-0.05, 0) is 39.8 Å². The van der Waals surface area contributed by atoms with Gasteiger partial charge in [-0.2, -0.15) is 0 Å². The first kappa shape index (κ1) is 16.7. The third kappa shape index (κ3) is 4.18. The van der Waals surface area contributed by atoms with Crippen LogP contribution in [0.2, 0.25) is 4.34 Å². The molecule has 4 nitrogen and oxygen atoms in total. The lowest BCUT2D eigenvalue weighted by molar-refractivity contribution is -0.133.